The molecule has 0 aliphatic rings. The van der Waals surface area contributed by atoms with E-state index in [9.17, 15) is 0 Å². The lowest BCUT2D eigenvalue weighted by atomic mass is 10.3. The molecule has 2 aromatic heterocycles. The van der Waals surface area contributed by atoms with Gasteiger partial charge in [-0.05, 0) is 46.3 Å². The number of hydrogen-bond donors (Lipinski definition) is 1. The van der Waals surface area contributed by atoms with Crippen molar-refractivity contribution < 1.29 is 4.42 Å². The summed E-state index contributed by atoms with van der Waals surface area (Å²) < 4.78 is 8.28. The van der Waals surface area contributed by atoms with Crippen molar-refractivity contribution in [3.05, 3.63) is 52.1 Å². The van der Waals surface area contributed by atoms with Gasteiger partial charge in [-0.2, -0.15) is 5.10 Å². The van der Waals surface area contributed by atoms with Crippen molar-refractivity contribution in [2.24, 2.45) is 0 Å². The molecule has 1 aromatic carbocycles. The van der Waals surface area contributed by atoms with E-state index in [2.05, 4.69) is 26.1 Å². The van der Waals surface area contributed by atoms with Crippen LogP contribution in [0.25, 0.3) is 17.1 Å². The van der Waals surface area contributed by atoms with Crippen LogP contribution in [0.5, 0.6) is 0 Å². The van der Waals surface area contributed by atoms with Crippen LogP contribution < -0.4 is 0 Å². The topological polar surface area (TPSA) is 46.8 Å². The van der Waals surface area contributed by atoms with Crippen molar-refractivity contribution >= 4 is 28.1 Å². The largest absolute Gasteiger partial charge is 0.457 e. The smallest absolute Gasteiger partial charge is 0.200 e. The Hall–Kier alpha value is -1.66. The van der Waals surface area contributed by atoms with Crippen LogP contribution in [0.2, 0.25) is 0 Å². The van der Waals surface area contributed by atoms with Gasteiger partial charge in [0, 0.05) is 5.69 Å². The first-order valence-electron chi connectivity index (χ1n) is 5.23. The van der Waals surface area contributed by atoms with Gasteiger partial charge in [0.15, 0.2) is 15.3 Å². The molecule has 90 valence electrons. The minimum absolute atomic E-state index is 0.546. The van der Waals surface area contributed by atoms with Crippen LogP contribution in [-0.2, 0) is 0 Å². The van der Waals surface area contributed by atoms with E-state index in [1.807, 2.05) is 41.0 Å². The predicted molar refractivity (Wildman–Crippen MR) is 74.2 cm³/mol. The summed E-state index contributed by atoms with van der Waals surface area (Å²) in [4.78, 5) is 0. The maximum absolute atomic E-state index is 5.27. The fourth-order valence-electron chi connectivity index (χ4n) is 1.75. The van der Waals surface area contributed by atoms with Crippen molar-refractivity contribution in [3.8, 4) is 17.1 Å². The van der Waals surface area contributed by atoms with Crippen molar-refractivity contribution in [2.75, 3.05) is 0 Å². The van der Waals surface area contributed by atoms with Crippen LogP contribution in [0.15, 0.2) is 51.7 Å². The fourth-order valence-corrected chi connectivity index (χ4v) is 2.40. The molecule has 2 heterocycles. The number of para-hydroxylation sites is 1. The highest BCUT2D eigenvalue weighted by Gasteiger charge is 2.14. The van der Waals surface area contributed by atoms with Gasteiger partial charge in [0.25, 0.3) is 0 Å². The number of aromatic nitrogens is 3. The molecule has 0 atom stereocenters. The van der Waals surface area contributed by atoms with E-state index >= 15 is 0 Å². The molecule has 0 aliphatic heterocycles. The second kappa shape index (κ2) is 4.55. The minimum Gasteiger partial charge on any atom is -0.457 e. The highest BCUT2D eigenvalue weighted by atomic mass is 79.9. The second-order valence-electron chi connectivity index (χ2n) is 3.63. The lowest BCUT2D eigenvalue weighted by molar-refractivity contribution is 0.542. The highest BCUT2D eigenvalue weighted by molar-refractivity contribution is 9.10. The van der Waals surface area contributed by atoms with Crippen LogP contribution >= 0.6 is 28.1 Å². The van der Waals surface area contributed by atoms with E-state index in [1.165, 1.54) is 0 Å². The molecule has 0 saturated carbocycles. The molecular formula is C12H8BrN3OS. The Balaban J connectivity index is 2.26. The standard InChI is InChI=1S/C12H8BrN3OS/c13-10-9(6-7-17-10)11-14-15-12(18)16(11)8-4-2-1-3-5-8/h1-7H,(H,15,18). The number of furan rings is 1. The molecule has 0 saturated heterocycles. The number of H-pyrrole nitrogens is 1. The fraction of sp³-hybridized carbons (Fsp3) is 0. The van der Waals surface area contributed by atoms with Crippen LogP contribution in [0.3, 0.4) is 0 Å². The normalized spacial score (nSPS) is 10.7. The zero-order valence-electron chi connectivity index (χ0n) is 9.13. The molecule has 0 bridgehead atoms. The SMILES string of the molecule is S=c1[nH]nc(-c2ccoc2Br)n1-c1ccccc1. The number of halogens is 1. The zero-order chi connectivity index (χ0) is 12.5. The van der Waals surface area contributed by atoms with Gasteiger partial charge < -0.3 is 4.42 Å². The van der Waals surface area contributed by atoms with E-state index in [4.69, 9.17) is 16.6 Å². The van der Waals surface area contributed by atoms with Gasteiger partial charge in [-0.1, -0.05) is 18.2 Å². The van der Waals surface area contributed by atoms with E-state index < -0.39 is 0 Å². The number of nitrogens with one attached hydrogen (secondary N) is 1. The van der Waals surface area contributed by atoms with Gasteiger partial charge in [0.1, 0.15) is 0 Å². The lowest BCUT2D eigenvalue weighted by Gasteiger charge is -2.05. The molecule has 0 fully saturated rings. The Labute approximate surface area is 116 Å². The average molecular weight is 322 g/mol. The second-order valence-corrected chi connectivity index (χ2v) is 4.74. The first-order chi connectivity index (χ1) is 8.77. The summed E-state index contributed by atoms with van der Waals surface area (Å²) in [5.74, 6) is 0.715. The Morgan fingerprint density at radius 1 is 1.22 bits per heavy atom. The quantitative estimate of drug-likeness (QED) is 0.727. The molecule has 18 heavy (non-hydrogen) atoms. The molecule has 0 unspecified atom stereocenters. The van der Waals surface area contributed by atoms with E-state index in [0.717, 1.165) is 11.3 Å². The van der Waals surface area contributed by atoms with Gasteiger partial charge >= 0.3 is 0 Å². The third-order valence-electron chi connectivity index (χ3n) is 2.55. The van der Waals surface area contributed by atoms with Crippen molar-refractivity contribution in [1.29, 1.82) is 0 Å². The van der Waals surface area contributed by atoms with Crippen molar-refractivity contribution in [2.45, 2.75) is 0 Å². The van der Waals surface area contributed by atoms with Crippen molar-refractivity contribution in [1.82, 2.24) is 14.8 Å². The van der Waals surface area contributed by atoms with Gasteiger partial charge in [0.05, 0.1) is 11.8 Å². The summed E-state index contributed by atoms with van der Waals surface area (Å²) in [5, 5.41) is 7.06. The lowest BCUT2D eigenvalue weighted by Crippen LogP contribution is -1.96. The Morgan fingerprint density at radius 2 is 2.00 bits per heavy atom. The molecule has 0 amide bonds. The third-order valence-corrected chi connectivity index (χ3v) is 3.43. The maximum Gasteiger partial charge on any atom is 0.200 e. The maximum atomic E-state index is 5.27. The molecule has 0 radical (unpaired) electrons. The Kier molecular flexibility index (Phi) is 2.89. The Bertz CT molecular complexity index is 729. The molecule has 1 N–H and O–H groups in total. The van der Waals surface area contributed by atoms with E-state index in [1.54, 1.807) is 6.26 Å². The number of rotatable bonds is 2. The van der Waals surface area contributed by atoms with E-state index in [0.29, 0.717) is 15.3 Å². The zero-order valence-corrected chi connectivity index (χ0v) is 11.5. The number of aromatic amines is 1. The summed E-state index contributed by atoms with van der Waals surface area (Å²) >= 11 is 8.62. The van der Waals surface area contributed by atoms with Gasteiger partial charge in [-0.15, -0.1) is 0 Å². The first kappa shape index (κ1) is 11.4. The molecule has 0 spiro atoms. The van der Waals surface area contributed by atoms with Crippen molar-refractivity contribution in [3.63, 3.8) is 0 Å². The minimum atomic E-state index is 0.546. The molecule has 3 rings (SSSR count). The Morgan fingerprint density at radius 3 is 2.67 bits per heavy atom. The van der Waals surface area contributed by atoms with Crippen LogP contribution in [0.4, 0.5) is 0 Å². The van der Waals surface area contributed by atoms with Crippen LogP contribution in [0.1, 0.15) is 0 Å². The van der Waals surface area contributed by atoms with Gasteiger partial charge in [-0.25, -0.2) is 0 Å². The monoisotopic (exact) mass is 321 g/mol. The molecule has 4 nitrogen and oxygen atoms in total. The van der Waals surface area contributed by atoms with Gasteiger partial charge in [-0.3, -0.25) is 9.67 Å². The van der Waals surface area contributed by atoms with E-state index in [-0.39, 0.29) is 0 Å². The predicted octanol–water partition coefficient (Wildman–Crippen LogP) is 3.95. The molecule has 0 aliphatic carbocycles. The first-order valence-corrected chi connectivity index (χ1v) is 6.43. The number of hydrogen-bond acceptors (Lipinski definition) is 3. The molecule has 3 aromatic rings. The highest BCUT2D eigenvalue weighted by Crippen LogP contribution is 2.29. The number of nitrogens with zero attached hydrogens (tertiary/aromatic N) is 2. The summed E-state index contributed by atoms with van der Waals surface area (Å²) in [6.07, 6.45) is 1.60. The number of benzene rings is 1. The summed E-state index contributed by atoms with van der Waals surface area (Å²) in [7, 11) is 0. The van der Waals surface area contributed by atoms with Gasteiger partial charge in [0.2, 0.25) is 0 Å². The summed E-state index contributed by atoms with van der Waals surface area (Å²) in [6.45, 7) is 0. The van der Waals surface area contributed by atoms with Crippen LogP contribution in [0, 0.1) is 4.77 Å². The molecular weight excluding hydrogens is 314 g/mol. The van der Waals surface area contributed by atoms with Crippen LogP contribution in [-0.4, -0.2) is 14.8 Å². The summed E-state index contributed by atoms with van der Waals surface area (Å²) in [6, 6.07) is 11.7. The average Bonchev–Trinajstić information content (AvgIpc) is 2.96. The summed E-state index contributed by atoms with van der Waals surface area (Å²) in [5.41, 5.74) is 1.81. The molecule has 6 heteroatoms. The third kappa shape index (κ3) is 1.83.